The van der Waals surface area contributed by atoms with E-state index in [4.69, 9.17) is 16.3 Å². The molecule has 0 bridgehead atoms. The largest absolute Gasteiger partial charge is 0.463 e. The first-order chi connectivity index (χ1) is 7.54. The van der Waals surface area contributed by atoms with Gasteiger partial charge in [0.25, 0.3) is 0 Å². The minimum absolute atomic E-state index is 0.363. The van der Waals surface area contributed by atoms with Gasteiger partial charge in [-0.25, -0.2) is 9.78 Å². The van der Waals surface area contributed by atoms with Crippen molar-refractivity contribution in [3.8, 4) is 0 Å². The number of hydrogen-bond donors (Lipinski definition) is 0. The average molecular weight is 240 g/mol. The Bertz CT molecular complexity index is 427. The van der Waals surface area contributed by atoms with Crippen molar-refractivity contribution in [1.29, 1.82) is 0 Å². The van der Waals surface area contributed by atoms with Crippen LogP contribution in [0.4, 0.5) is 0 Å². The van der Waals surface area contributed by atoms with Crippen LogP contribution in [0.5, 0.6) is 0 Å². The Balaban J connectivity index is 2.89. The third-order valence-corrected chi connectivity index (χ3v) is 2.44. The van der Waals surface area contributed by atoms with E-state index >= 15 is 0 Å². The summed E-state index contributed by atoms with van der Waals surface area (Å²) in [6.45, 7) is 5.96. The van der Waals surface area contributed by atoms with Crippen molar-refractivity contribution in [3.05, 3.63) is 34.1 Å². The number of carbonyl (C=O) groups is 1. The maximum Gasteiger partial charge on any atom is 0.330 e. The first-order valence-electron chi connectivity index (χ1n) is 5.03. The number of nitrogens with zero attached hydrogens (tertiary/aromatic N) is 1. The molecular formula is C12H14ClNO2. The predicted molar refractivity (Wildman–Crippen MR) is 64.4 cm³/mol. The summed E-state index contributed by atoms with van der Waals surface area (Å²) in [4.78, 5) is 15.3. The summed E-state index contributed by atoms with van der Waals surface area (Å²) in [6, 6.07) is 1.89. The number of carbonyl (C=O) groups excluding carboxylic acids is 1. The highest BCUT2D eigenvalue weighted by Crippen LogP contribution is 2.18. The van der Waals surface area contributed by atoms with Crippen LogP contribution in [0, 0.1) is 13.8 Å². The molecule has 86 valence electrons. The second kappa shape index (κ2) is 5.66. The highest BCUT2D eigenvalue weighted by Gasteiger charge is 2.03. The Hall–Kier alpha value is -1.35. The number of pyridine rings is 1. The van der Waals surface area contributed by atoms with Gasteiger partial charge in [0.15, 0.2) is 0 Å². The van der Waals surface area contributed by atoms with Crippen LogP contribution in [0.25, 0.3) is 6.08 Å². The molecule has 0 aromatic carbocycles. The summed E-state index contributed by atoms with van der Waals surface area (Å²) in [7, 11) is 0. The summed E-state index contributed by atoms with van der Waals surface area (Å²) in [5, 5.41) is 0.392. The Morgan fingerprint density at radius 2 is 2.25 bits per heavy atom. The molecule has 0 aliphatic heterocycles. The van der Waals surface area contributed by atoms with E-state index in [9.17, 15) is 4.79 Å². The molecule has 0 fully saturated rings. The molecule has 0 unspecified atom stereocenters. The number of aromatic nitrogens is 1. The van der Waals surface area contributed by atoms with E-state index < -0.39 is 0 Å². The second-order valence-electron chi connectivity index (χ2n) is 3.36. The molecule has 16 heavy (non-hydrogen) atoms. The monoisotopic (exact) mass is 239 g/mol. The quantitative estimate of drug-likeness (QED) is 0.463. The zero-order chi connectivity index (χ0) is 12.1. The SMILES string of the molecule is CCOC(=O)C=Cc1cc(C)c(C)nc1Cl. The Labute approximate surface area is 100 Å². The fraction of sp³-hybridized carbons (Fsp3) is 0.333. The van der Waals surface area contributed by atoms with Gasteiger partial charge < -0.3 is 4.74 Å². The molecule has 0 aliphatic rings. The van der Waals surface area contributed by atoms with Gasteiger partial charge in [0, 0.05) is 17.3 Å². The number of rotatable bonds is 3. The lowest BCUT2D eigenvalue weighted by atomic mass is 10.1. The van der Waals surface area contributed by atoms with Crippen molar-refractivity contribution in [3.63, 3.8) is 0 Å². The van der Waals surface area contributed by atoms with Crippen molar-refractivity contribution < 1.29 is 9.53 Å². The molecule has 0 N–H and O–H groups in total. The van der Waals surface area contributed by atoms with E-state index in [1.165, 1.54) is 6.08 Å². The van der Waals surface area contributed by atoms with Gasteiger partial charge in [0.2, 0.25) is 0 Å². The average Bonchev–Trinajstić information content (AvgIpc) is 2.22. The van der Waals surface area contributed by atoms with Gasteiger partial charge in [0.05, 0.1) is 6.61 Å². The van der Waals surface area contributed by atoms with Gasteiger partial charge >= 0.3 is 5.97 Å². The topological polar surface area (TPSA) is 39.2 Å². The Morgan fingerprint density at radius 3 is 2.88 bits per heavy atom. The molecule has 3 nitrogen and oxygen atoms in total. The van der Waals surface area contributed by atoms with Crippen LogP contribution in [0.2, 0.25) is 5.15 Å². The maximum absolute atomic E-state index is 11.1. The van der Waals surface area contributed by atoms with E-state index in [2.05, 4.69) is 4.98 Å². The molecule has 1 aromatic heterocycles. The lowest BCUT2D eigenvalue weighted by molar-refractivity contribution is -0.137. The normalized spacial score (nSPS) is 10.8. The number of esters is 1. The van der Waals surface area contributed by atoms with Crippen LogP contribution < -0.4 is 0 Å². The fourth-order valence-corrected chi connectivity index (χ4v) is 1.41. The molecule has 0 aliphatic carbocycles. The molecule has 1 aromatic rings. The van der Waals surface area contributed by atoms with Gasteiger partial charge in [0.1, 0.15) is 5.15 Å². The molecule has 0 spiro atoms. The van der Waals surface area contributed by atoms with Gasteiger partial charge in [-0.1, -0.05) is 11.6 Å². The molecule has 0 radical (unpaired) electrons. The molecule has 4 heteroatoms. The van der Waals surface area contributed by atoms with E-state index in [-0.39, 0.29) is 5.97 Å². The molecule has 0 amide bonds. The lowest BCUT2D eigenvalue weighted by Crippen LogP contribution is -1.99. The molecular weight excluding hydrogens is 226 g/mol. The summed E-state index contributed by atoms with van der Waals surface area (Å²) in [5.41, 5.74) is 2.64. The standard InChI is InChI=1S/C12H14ClNO2/c1-4-16-11(15)6-5-10-7-8(2)9(3)14-12(10)13/h5-7H,4H2,1-3H3. The first kappa shape index (κ1) is 12.7. The van der Waals surface area contributed by atoms with Crippen LogP contribution in [-0.2, 0) is 9.53 Å². The molecule has 1 rings (SSSR count). The van der Waals surface area contributed by atoms with Crippen LogP contribution in [-0.4, -0.2) is 17.6 Å². The summed E-state index contributed by atoms with van der Waals surface area (Å²) in [6.07, 6.45) is 2.96. The zero-order valence-corrected chi connectivity index (χ0v) is 10.3. The van der Waals surface area contributed by atoms with Crippen molar-refractivity contribution in [1.82, 2.24) is 4.98 Å². The van der Waals surface area contributed by atoms with Crippen LogP contribution >= 0.6 is 11.6 Å². The second-order valence-corrected chi connectivity index (χ2v) is 3.71. The number of aryl methyl sites for hydroxylation is 2. The van der Waals surface area contributed by atoms with E-state index in [1.807, 2.05) is 19.9 Å². The van der Waals surface area contributed by atoms with E-state index in [0.29, 0.717) is 11.8 Å². The molecule has 0 saturated carbocycles. The third kappa shape index (κ3) is 3.35. The van der Waals surface area contributed by atoms with Crippen molar-refractivity contribution in [2.75, 3.05) is 6.61 Å². The maximum atomic E-state index is 11.1. The number of ether oxygens (including phenoxy) is 1. The summed E-state index contributed by atoms with van der Waals surface area (Å²) >= 11 is 5.95. The summed E-state index contributed by atoms with van der Waals surface area (Å²) < 4.78 is 4.77. The minimum Gasteiger partial charge on any atom is -0.463 e. The van der Waals surface area contributed by atoms with Crippen LogP contribution in [0.15, 0.2) is 12.1 Å². The Morgan fingerprint density at radius 1 is 1.56 bits per heavy atom. The first-order valence-corrected chi connectivity index (χ1v) is 5.41. The van der Waals surface area contributed by atoms with E-state index in [0.717, 1.165) is 16.8 Å². The highest BCUT2D eigenvalue weighted by molar-refractivity contribution is 6.31. The van der Waals surface area contributed by atoms with E-state index in [1.54, 1.807) is 13.0 Å². The van der Waals surface area contributed by atoms with Crippen LogP contribution in [0.3, 0.4) is 0 Å². The smallest absolute Gasteiger partial charge is 0.330 e. The highest BCUT2D eigenvalue weighted by atomic mass is 35.5. The number of halogens is 1. The molecule has 1 heterocycles. The summed E-state index contributed by atoms with van der Waals surface area (Å²) in [5.74, 6) is -0.378. The molecule has 0 atom stereocenters. The molecule has 0 saturated heterocycles. The van der Waals surface area contributed by atoms with Crippen molar-refractivity contribution in [2.24, 2.45) is 0 Å². The van der Waals surface area contributed by atoms with Gasteiger partial charge in [-0.05, 0) is 38.5 Å². The number of hydrogen-bond acceptors (Lipinski definition) is 3. The minimum atomic E-state index is -0.378. The van der Waals surface area contributed by atoms with Gasteiger partial charge in [-0.2, -0.15) is 0 Å². The Kier molecular flexibility index (Phi) is 4.50. The van der Waals surface area contributed by atoms with Crippen LogP contribution in [0.1, 0.15) is 23.7 Å². The fourth-order valence-electron chi connectivity index (χ4n) is 1.16. The van der Waals surface area contributed by atoms with Crippen molar-refractivity contribution in [2.45, 2.75) is 20.8 Å². The van der Waals surface area contributed by atoms with Crippen molar-refractivity contribution >= 4 is 23.6 Å². The van der Waals surface area contributed by atoms with Gasteiger partial charge in [-0.15, -0.1) is 0 Å². The zero-order valence-electron chi connectivity index (χ0n) is 9.58. The lowest BCUT2D eigenvalue weighted by Gasteiger charge is -2.03. The van der Waals surface area contributed by atoms with Gasteiger partial charge in [-0.3, -0.25) is 0 Å². The predicted octanol–water partition coefficient (Wildman–Crippen LogP) is 2.93. The third-order valence-electron chi connectivity index (χ3n) is 2.13.